The summed E-state index contributed by atoms with van der Waals surface area (Å²) in [5.74, 6) is 0.298. The van der Waals surface area contributed by atoms with Gasteiger partial charge in [-0.25, -0.2) is 4.98 Å². The first-order chi connectivity index (χ1) is 6.65. The van der Waals surface area contributed by atoms with Gasteiger partial charge in [-0.3, -0.25) is 19.9 Å². The fourth-order valence-electron chi connectivity index (χ4n) is 1.20. The third-order valence-electron chi connectivity index (χ3n) is 2.06. The highest BCUT2D eigenvalue weighted by atomic mass is 16.2. The van der Waals surface area contributed by atoms with Crippen LogP contribution in [0.3, 0.4) is 0 Å². The van der Waals surface area contributed by atoms with Crippen molar-refractivity contribution < 1.29 is 4.79 Å². The van der Waals surface area contributed by atoms with Gasteiger partial charge in [0.25, 0.3) is 5.56 Å². The molecule has 0 bridgehead atoms. The van der Waals surface area contributed by atoms with E-state index in [0.717, 1.165) is 12.8 Å². The molecule has 0 spiro atoms. The first-order valence-corrected chi connectivity index (χ1v) is 4.54. The van der Waals surface area contributed by atoms with Crippen molar-refractivity contribution >= 4 is 11.9 Å². The highest BCUT2D eigenvalue weighted by Gasteiger charge is 2.29. The Kier molecular flexibility index (Phi) is 2.07. The van der Waals surface area contributed by atoms with Gasteiger partial charge in [0, 0.05) is 17.7 Å². The van der Waals surface area contributed by atoms with Gasteiger partial charge in [-0.15, -0.1) is 0 Å². The minimum absolute atomic E-state index is 0.0567. The van der Waals surface area contributed by atoms with Crippen LogP contribution in [0.5, 0.6) is 0 Å². The molecule has 1 amide bonds. The Bertz CT molecular complexity index is 420. The van der Waals surface area contributed by atoms with E-state index in [4.69, 9.17) is 0 Å². The lowest BCUT2D eigenvalue weighted by molar-refractivity contribution is -0.117. The second kappa shape index (κ2) is 3.25. The molecule has 1 aromatic rings. The van der Waals surface area contributed by atoms with Crippen molar-refractivity contribution in [3.8, 4) is 0 Å². The number of nitrogens with one attached hydrogen (secondary N) is 2. The van der Waals surface area contributed by atoms with Crippen LogP contribution in [0.4, 0.5) is 5.95 Å². The highest BCUT2D eigenvalue weighted by molar-refractivity contribution is 5.92. The lowest BCUT2D eigenvalue weighted by Crippen LogP contribution is -2.19. The van der Waals surface area contributed by atoms with E-state index < -0.39 is 0 Å². The summed E-state index contributed by atoms with van der Waals surface area (Å²) in [6, 6.07) is 1.38. The van der Waals surface area contributed by atoms with Gasteiger partial charge < -0.3 is 0 Å². The van der Waals surface area contributed by atoms with Gasteiger partial charge in [0.1, 0.15) is 0 Å². The average molecular weight is 193 g/mol. The van der Waals surface area contributed by atoms with E-state index >= 15 is 0 Å². The van der Waals surface area contributed by atoms with Crippen molar-refractivity contribution in [2.75, 3.05) is 5.32 Å². The number of H-pyrrole nitrogens is 1. The maximum absolute atomic E-state index is 11.3. The number of amides is 1. The fourth-order valence-corrected chi connectivity index (χ4v) is 1.20. The maximum Gasteiger partial charge on any atom is 0.252 e. The van der Waals surface area contributed by atoms with E-state index in [1.165, 1.54) is 6.07 Å². The lowest BCUT2D eigenvalue weighted by Gasteiger charge is -2.02. The Hall–Kier alpha value is -1.65. The molecular weight excluding hydrogens is 182 g/mol. The van der Waals surface area contributed by atoms with Crippen molar-refractivity contribution in [3.05, 3.63) is 22.1 Å². The Morgan fingerprint density at radius 3 is 2.93 bits per heavy atom. The molecular formula is C9H11N3O2. The number of hydrogen-bond donors (Lipinski definition) is 2. The number of anilines is 1. The molecule has 0 aromatic carbocycles. The number of aryl methyl sites for hydroxylation is 1. The maximum atomic E-state index is 11.3. The number of carbonyl (C=O) groups excluding carboxylic acids is 1. The van der Waals surface area contributed by atoms with Crippen molar-refractivity contribution in [2.45, 2.75) is 19.8 Å². The molecule has 0 radical (unpaired) electrons. The zero-order chi connectivity index (χ0) is 10.1. The van der Waals surface area contributed by atoms with E-state index in [1.807, 2.05) is 0 Å². The predicted molar refractivity (Wildman–Crippen MR) is 50.9 cm³/mol. The predicted octanol–water partition coefficient (Wildman–Crippen LogP) is 0.427. The number of rotatable bonds is 2. The van der Waals surface area contributed by atoms with E-state index in [0.29, 0.717) is 5.69 Å². The molecule has 2 rings (SSSR count). The topological polar surface area (TPSA) is 74.8 Å². The normalized spacial score (nSPS) is 15.2. The number of hydrogen-bond acceptors (Lipinski definition) is 3. The fraction of sp³-hybridized carbons (Fsp3) is 0.444. The molecule has 1 heterocycles. The summed E-state index contributed by atoms with van der Waals surface area (Å²) in [5.41, 5.74) is 0.350. The minimum atomic E-state index is -0.247. The molecule has 1 aliphatic rings. The Morgan fingerprint density at radius 2 is 2.36 bits per heavy atom. The minimum Gasteiger partial charge on any atom is -0.296 e. The van der Waals surface area contributed by atoms with Crippen LogP contribution >= 0.6 is 0 Å². The van der Waals surface area contributed by atoms with E-state index in [1.54, 1.807) is 6.92 Å². The largest absolute Gasteiger partial charge is 0.296 e. The van der Waals surface area contributed by atoms with Crippen molar-refractivity contribution in [1.29, 1.82) is 0 Å². The first-order valence-electron chi connectivity index (χ1n) is 4.54. The van der Waals surface area contributed by atoms with Crippen LogP contribution in [0.2, 0.25) is 0 Å². The van der Waals surface area contributed by atoms with Gasteiger partial charge in [-0.05, 0) is 19.8 Å². The molecule has 0 atom stereocenters. The molecule has 1 aliphatic carbocycles. The van der Waals surface area contributed by atoms with Crippen LogP contribution in [0.1, 0.15) is 18.5 Å². The zero-order valence-corrected chi connectivity index (χ0v) is 7.83. The van der Waals surface area contributed by atoms with Crippen molar-refractivity contribution in [3.63, 3.8) is 0 Å². The molecule has 14 heavy (non-hydrogen) atoms. The van der Waals surface area contributed by atoms with E-state index in [-0.39, 0.29) is 23.3 Å². The SMILES string of the molecule is Cc1cc(=O)[nH]c(NC(=O)C2CC2)n1. The van der Waals surface area contributed by atoms with Gasteiger partial charge in [0.05, 0.1) is 0 Å². The van der Waals surface area contributed by atoms with Crippen LogP contribution in [0, 0.1) is 12.8 Å². The molecule has 5 nitrogen and oxygen atoms in total. The monoisotopic (exact) mass is 193 g/mol. The smallest absolute Gasteiger partial charge is 0.252 e. The summed E-state index contributed by atoms with van der Waals surface area (Å²) < 4.78 is 0. The molecule has 1 aromatic heterocycles. The average Bonchev–Trinajstić information content (AvgIpc) is 2.82. The van der Waals surface area contributed by atoms with E-state index in [9.17, 15) is 9.59 Å². The number of nitrogens with zero attached hydrogens (tertiary/aromatic N) is 1. The molecule has 1 saturated carbocycles. The Labute approximate surface area is 80.6 Å². The Balaban J connectivity index is 2.15. The Morgan fingerprint density at radius 1 is 1.64 bits per heavy atom. The van der Waals surface area contributed by atoms with Crippen molar-refractivity contribution in [2.24, 2.45) is 5.92 Å². The number of carbonyl (C=O) groups is 1. The molecule has 0 aliphatic heterocycles. The van der Waals surface area contributed by atoms with Crippen LogP contribution in [-0.4, -0.2) is 15.9 Å². The van der Waals surface area contributed by atoms with Crippen LogP contribution in [0.25, 0.3) is 0 Å². The van der Waals surface area contributed by atoms with Gasteiger partial charge in [-0.1, -0.05) is 0 Å². The quantitative estimate of drug-likeness (QED) is 0.715. The number of aromatic nitrogens is 2. The molecule has 0 saturated heterocycles. The third kappa shape index (κ3) is 1.99. The molecule has 2 N–H and O–H groups in total. The van der Waals surface area contributed by atoms with Gasteiger partial charge >= 0.3 is 0 Å². The van der Waals surface area contributed by atoms with Gasteiger partial charge in [-0.2, -0.15) is 0 Å². The summed E-state index contributed by atoms with van der Waals surface area (Å²) in [4.78, 5) is 28.8. The molecule has 5 heteroatoms. The summed E-state index contributed by atoms with van der Waals surface area (Å²) >= 11 is 0. The molecule has 1 fully saturated rings. The zero-order valence-electron chi connectivity index (χ0n) is 7.83. The second-order valence-corrected chi connectivity index (χ2v) is 3.50. The lowest BCUT2D eigenvalue weighted by atomic mass is 10.4. The molecule has 0 unspecified atom stereocenters. The number of aromatic amines is 1. The van der Waals surface area contributed by atoms with Gasteiger partial charge in [0.2, 0.25) is 11.9 Å². The molecule has 74 valence electrons. The summed E-state index contributed by atoms with van der Waals surface area (Å²) in [6.07, 6.45) is 1.86. The van der Waals surface area contributed by atoms with Crippen LogP contribution in [-0.2, 0) is 4.79 Å². The first kappa shape index (κ1) is 8.93. The summed E-state index contributed by atoms with van der Waals surface area (Å²) in [5, 5.41) is 2.58. The van der Waals surface area contributed by atoms with Crippen LogP contribution in [0.15, 0.2) is 10.9 Å². The highest BCUT2D eigenvalue weighted by Crippen LogP contribution is 2.29. The summed E-state index contributed by atoms with van der Waals surface area (Å²) in [7, 11) is 0. The third-order valence-corrected chi connectivity index (χ3v) is 2.06. The van der Waals surface area contributed by atoms with Crippen LogP contribution < -0.4 is 10.9 Å². The van der Waals surface area contributed by atoms with Gasteiger partial charge in [0.15, 0.2) is 0 Å². The van der Waals surface area contributed by atoms with Crippen molar-refractivity contribution in [1.82, 2.24) is 9.97 Å². The standard InChI is InChI=1S/C9H11N3O2/c1-5-4-7(13)11-9(10-5)12-8(14)6-2-3-6/h4,6H,2-3H2,1H3,(H2,10,11,12,13,14). The summed E-state index contributed by atoms with van der Waals surface area (Å²) in [6.45, 7) is 1.71. The van der Waals surface area contributed by atoms with E-state index in [2.05, 4.69) is 15.3 Å². The second-order valence-electron chi connectivity index (χ2n) is 3.50.